The van der Waals surface area contributed by atoms with Crippen LogP contribution in [0.5, 0.6) is 0 Å². The van der Waals surface area contributed by atoms with Gasteiger partial charge < -0.3 is 15.0 Å². The third kappa shape index (κ3) is 4.29. The van der Waals surface area contributed by atoms with Crippen molar-refractivity contribution in [2.24, 2.45) is 0 Å². The van der Waals surface area contributed by atoms with Gasteiger partial charge in [-0.1, -0.05) is 36.0 Å². The monoisotopic (exact) mass is 452 g/mol. The molecule has 164 valence electrons. The molecule has 0 fully saturated rings. The Hall–Kier alpha value is -3.46. The molecule has 7 nitrogen and oxygen atoms in total. The summed E-state index contributed by atoms with van der Waals surface area (Å²) in [5.74, 6) is -0.914. The number of nitrogens with one attached hydrogen (secondary N) is 2. The molecule has 0 amide bonds. The molecule has 1 atom stereocenters. The maximum atomic E-state index is 13.9. The van der Waals surface area contributed by atoms with Gasteiger partial charge in [-0.15, -0.1) is 0 Å². The number of aromatic amines is 1. The number of aromatic nitrogens is 3. The predicted molar refractivity (Wildman–Crippen MR) is 120 cm³/mol. The SMILES string of the molecule is CCOC(=O)C1=C(C)Nc2nc(SCc3ccccc3F)[nH]c(=O)c2C1c1ccccn1. The van der Waals surface area contributed by atoms with Crippen molar-refractivity contribution in [2.45, 2.75) is 30.7 Å². The highest BCUT2D eigenvalue weighted by Gasteiger charge is 2.37. The van der Waals surface area contributed by atoms with Crippen LogP contribution < -0.4 is 10.9 Å². The van der Waals surface area contributed by atoms with Gasteiger partial charge in [0.2, 0.25) is 0 Å². The zero-order chi connectivity index (χ0) is 22.7. The lowest BCUT2D eigenvalue weighted by Crippen LogP contribution is -2.31. The number of H-pyrrole nitrogens is 1. The van der Waals surface area contributed by atoms with E-state index in [1.54, 1.807) is 56.4 Å². The first-order valence-electron chi connectivity index (χ1n) is 10.1. The minimum Gasteiger partial charge on any atom is -0.463 e. The van der Waals surface area contributed by atoms with E-state index in [0.29, 0.717) is 39.3 Å². The van der Waals surface area contributed by atoms with Gasteiger partial charge in [-0.25, -0.2) is 14.2 Å². The number of allylic oxidation sites excluding steroid dienone is 1. The van der Waals surface area contributed by atoms with Gasteiger partial charge >= 0.3 is 5.97 Å². The lowest BCUT2D eigenvalue weighted by atomic mass is 9.85. The Bertz CT molecular complexity index is 1240. The molecule has 0 radical (unpaired) electrons. The fraction of sp³-hybridized carbons (Fsp3) is 0.217. The van der Waals surface area contributed by atoms with Crippen LogP contribution in [0.25, 0.3) is 0 Å². The van der Waals surface area contributed by atoms with Crippen LogP contribution >= 0.6 is 11.8 Å². The maximum Gasteiger partial charge on any atom is 0.336 e. The molecule has 0 saturated heterocycles. The van der Waals surface area contributed by atoms with Gasteiger partial charge in [0.1, 0.15) is 11.6 Å². The summed E-state index contributed by atoms with van der Waals surface area (Å²) in [4.78, 5) is 37.6. The van der Waals surface area contributed by atoms with E-state index in [1.165, 1.54) is 17.8 Å². The Labute approximate surface area is 188 Å². The number of rotatable bonds is 6. The Morgan fingerprint density at radius 3 is 2.72 bits per heavy atom. The van der Waals surface area contributed by atoms with Crippen LogP contribution in [0.15, 0.2) is 69.9 Å². The number of thioether (sulfide) groups is 1. The van der Waals surface area contributed by atoms with Crippen molar-refractivity contribution in [3.05, 3.63) is 92.9 Å². The van der Waals surface area contributed by atoms with Crippen molar-refractivity contribution < 1.29 is 13.9 Å². The van der Waals surface area contributed by atoms with Gasteiger partial charge in [-0.05, 0) is 37.6 Å². The van der Waals surface area contributed by atoms with Gasteiger partial charge in [-0.2, -0.15) is 0 Å². The minimum absolute atomic E-state index is 0.206. The molecule has 0 aliphatic carbocycles. The quantitative estimate of drug-likeness (QED) is 0.332. The normalized spacial score (nSPS) is 15.2. The summed E-state index contributed by atoms with van der Waals surface area (Å²) < 4.78 is 19.2. The second-order valence-electron chi connectivity index (χ2n) is 7.09. The summed E-state index contributed by atoms with van der Waals surface area (Å²) in [5, 5.41) is 3.42. The van der Waals surface area contributed by atoms with Gasteiger partial charge in [0, 0.05) is 17.6 Å². The number of halogens is 1. The molecule has 1 aromatic carbocycles. The Kier molecular flexibility index (Phi) is 6.36. The smallest absolute Gasteiger partial charge is 0.336 e. The first-order valence-corrected chi connectivity index (χ1v) is 11.0. The van der Waals surface area contributed by atoms with Crippen LogP contribution in [-0.2, 0) is 15.3 Å². The Morgan fingerprint density at radius 2 is 2.00 bits per heavy atom. The number of fused-ring (bicyclic) bond motifs is 1. The van der Waals surface area contributed by atoms with Crippen molar-refractivity contribution in [1.29, 1.82) is 0 Å². The molecule has 3 aromatic rings. The van der Waals surface area contributed by atoms with Crippen LogP contribution in [0.1, 0.15) is 36.6 Å². The van der Waals surface area contributed by atoms with Crippen molar-refractivity contribution in [2.75, 3.05) is 11.9 Å². The third-order valence-electron chi connectivity index (χ3n) is 5.02. The van der Waals surface area contributed by atoms with Gasteiger partial charge in [0.15, 0.2) is 5.16 Å². The number of esters is 1. The standard InChI is InChI=1S/C23H21FN4O3S/c1-3-31-22(30)17-13(2)26-20-19(18(17)16-10-6-7-11-25-16)21(29)28-23(27-20)32-12-14-8-4-5-9-15(14)24/h4-11,18H,3,12H2,1-2H3,(H2,26,27,28,29). The van der Waals surface area contributed by atoms with Crippen LogP contribution in [0, 0.1) is 5.82 Å². The molecule has 4 rings (SSSR count). The Balaban J connectivity index is 1.75. The molecule has 0 bridgehead atoms. The zero-order valence-corrected chi connectivity index (χ0v) is 18.3. The molecule has 2 aromatic heterocycles. The number of ether oxygens (including phenoxy) is 1. The average Bonchev–Trinajstić information content (AvgIpc) is 2.78. The molecule has 1 aliphatic rings. The third-order valence-corrected chi connectivity index (χ3v) is 5.94. The Morgan fingerprint density at radius 1 is 1.22 bits per heavy atom. The fourth-order valence-corrected chi connectivity index (χ4v) is 4.43. The summed E-state index contributed by atoms with van der Waals surface area (Å²) in [7, 11) is 0. The second kappa shape index (κ2) is 9.35. The molecule has 2 N–H and O–H groups in total. The molecular formula is C23H21FN4O3S. The number of anilines is 1. The topological polar surface area (TPSA) is 97.0 Å². The highest BCUT2D eigenvalue weighted by molar-refractivity contribution is 7.98. The molecule has 1 unspecified atom stereocenters. The number of pyridine rings is 1. The van der Waals surface area contributed by atoms with E-state index >= 15 is 0 Å². The molecule has 0 spiro atoms. The van der Waals surface area contributed by atoms with E-state index in [4.69, 9.17) is 4.74 Å². The van der Waals surface area contributed by atoms with Crippen LogP contribution in [0.3, 0.4) is 0 Å². The zero-order valence-electron chi connectivity index (χ0n) is 17.5. The summed E-state index contributed by atoms with van der Waals surface area (Å²) in [6.07, 6.45) is 1.61. The van der Waals surface area contributed by atoms with Crippen molar-refractivity contribution in [3.8, 4) is 0 Å². The number of nitrogens with zero attached hydrogens (tertiary/aromatic N) is 2. The second-order valence-corrected chi connectivity index (χ2v) is 8.05. The summed E-state index contributed by atoms with van der Waals surface area (Å²) in [6, 6.07) is 11.8. The van der Waals surface area contributed by atoms with Crippen molar-refractivity contribution >= 4 is 23.5 Å². The van der Waals surface area contributed by atoms with Crippen molar-refractivity contribution in [1.82, 2.24) is 15.0 Å². The summed E-state index contributed by atoms with van der Waals surface area (Å²) in [5.41, 5.74) is 1.79. The molecule has 1 aliphatic heterocycles. The van der Waals surface area contributed by atoms with Crippen LogP contribution in [-0.4, -0.2) is 27.5 Å². The van der Waals surface area contributed by atoms with E-state index in [-0.39, 0.29) is 18.0 Å². The highest BCUT2D eigenvalue weighted by Crippen LogP contribution is 2.39. The van der Waals surface area contributed by atoms with Crippen molar-refractivity contribution in [3.63, 3.8) is 0 Å². The van der Waals surface area contributed by atoms with E-state index in [1.807, 2.05) is 0 Å². The maximum absolute atomic E-state index is 13.9. The molecule has 32 heavy (non-hydrogen) atoms. The summed E-state index contributed by atoms with van der Waals surface area (Å²) in [6.45, 7) is 3.67. The summed E-state index contributed by atoms with van der Waals surface area (Å²) >= 11 is 1.22. The molecule has 9 heteroatoms. The van der Waals surface area contributed by atoms with Gasteiger partial charge in [0.05, 0.1) is 29.4 Å². The van der Waals surface area contributed by atoms with E-state index < -0.39 is 17.4 Å². The molecule has 0 saturated carbocycles. The number of carbonyl (C=O) groups is 1. The first kappa shape index (κ1) is 21.8. The van der Waals surface area contributed by atoms with E-state index in [0.717, 1.165) is 0 Å². The van der Waals surface area contributed by atoms with Gasteiger partial charge in [-0.3, -0.25) is 9.78 Å². The number of hydrogen-bond donors (Lipinski definition) is 2. The highest BCUT2D eigenvalue weighted by atomic mass is 32.2. The number of carbonyl (C=O) groups excluding carboxylic acids is 1. The number of benzene rings is 1. The predicted octanol–water partition coefficient (Wildman–Crippen LogP) is 3.99. The minimum atomic E-state index is -0.728. The lowest BCUT2D eigenvalue weighted by Gasteiger charge is -2.28. The van der Waals surface area contributed by atoms with Crippen LogP contribution in [0.2, 0.25) is 0 Å². The van der Waals surface area contributed by atoms with E-state index in [2.05, 4.69) is 20.3 Å². The lowest BCUT2D eigenvalue weighted by molar-refractivity contribution is -0.138. The van der Waals surface area contributed by atoms with Crippen LogP contribution in [0.4, 0.5) is 10.2 Å². The molecule has 3 heterocycles. The van der Waals surface area contributed by atoms with Gasteiger partial charge in [0.25, 0.3) is 5.56 Å². The average molecular weight is 453 g/mol. The largest absolute Gasteiger partial charge is 0.463 e. The van der Waals surface area contributed by atoms with E-state index in [9.17, 15) is 14.0 Å². The number of hydrogen-bond acceptors (Lipinski definition) is 7. The molecular weight excluding hydrogens is 431 g/mol. The first-order chi connectivity index (χ1) is 15.5. The fourth-order valence-electron chi connectivity index (χ4n) is 3.58.